The second kappa shape index (κ2) is 6.17. The first kappa shape index (κ1) is 15.4. The van der Waals surface area contributed by atoms with Gasteiger partial charge in [0.25, 0.3) is 5.56 Å². The van der Waals surface area contributed by atoms with Crippen LogP contribution in [0.25, 0.3) is 0 Å². The van der Waals surface area contributed by atoms with Gasteiger partial charge in [0.15, 0.2) is 10.9 Å². The van der Waals surface area contributed by atoms with Crippen molar-refractivity contribution in [1.82, 2.24) is 9.97 Å². The Morgan fingerprint density at radius 2 is 2.05 bits per heavy atom. The van der Waals surface area contributed by atoms with E-state index in [2.05, 4.69) is 9.97 Å². The van der Waals surface area contributed by atoms with Crippen LogP contribution in [0.5, 0.6) is 0 Å². The van der Waals surface area contributed by atoms with Crippen LogP contribution in [0, 0.1) is 18.6 Å². The van der Waals surface area contributed by atoms with Gasteiger partial charge < -0.3 is 4.98 Å². The van der Waals surface area contributed by atoms with Crippen molar-refractivity contribution in [3.05, 3.63) is 57.5 Å². The van der Waals surface area contributed by atoms with Crippen molar-refractivity contribution >= 4 is 17.5 Å². The van der Waals surface area contributed by atoms with Gasteiger partial charge in [-0.15, -0.1) is 0 Å². The van der Waals surface area contributed by atoms with Crippen LogP contribution < -0.4 is 5.56 Å². The van der Waals surface area contributed by atoms with Crippen molar-refractivity contribution in [2.24, 2.45) is 0 Å². The summed E-state index contributed by atoms with van der Waals surface area (Å²) in [4.78, 5) is 30.1. The van der Waals surface area contributed by atoms with Crippen LogP contribution in [-0.2, 0) is 0 Å². The quantitative estimate of drug-likeness (QED) is 0.536. The molecule has 1 unspecified atom stereocenters. The summed E-state index contributed by atoms with van der Waals surface area (Å²) >= 11 is 1.01. The number of nitrogens with zero attached hydrogens (tertiary/aromatic N) is 1. The van der Waals surface area contributed by atoms with E-state index in [4.69, 9.17) is 0 Å². The van der Waals surface area contributed by atoms with Gasteiger partial charge in [-0.1, -0.05) is 11.8 Å². The molecule has 0 saturated carbocycles. The Labute approximate surface area is 123 Å². The Morgan fingerprint density at radius 3 is 2.67 bits per heavy atom. The van der Waals surface area contributed by atoms with E-state index < -0.39 is 22.7 Å². The van der Waals surface area contributed by atoms with Crippen LogP contribution in [0.3, 0.4) is 0 Å². The van der Waals surface area contributed by atoms with E-state index in [1.54, 1.807) is 13.8 Å². The van der Waals surface area contributed by atoms with Crippen molar-refractivity contribution in [1.29, 1.82) is 0 Å². The molecular formula is C14H12F2N2O2S. The maximum atomic E-state index is 13.6. The molecule has 0 fully saturated rings. The first-order chi connectivity index (χ1) is 9.86. The van der Waals surface area contributed by atoms with Crippen molar-refractivity contribution < 1.29 is 13.6 Å². The molecular weight excluding hydrogens is 298 g/mol. The molecule has 21 heavy (non-hydrogen) atoms. The number of carbonyl (C=O) groups is 1. The molecule has 0 saturated heterocycles. The Balaban J connectivity index is 2.21. The van der Waals surface area contributed by atoms with Gasteiger partial charge in [-0.05, 0) is 26.0 Å². The molecule has 2 rings (SSSR count). The first-order valence-corrected chi connectivity index (χ1v) is 6.98. The van der Waals surface area contributed by atoms with Gasteiger partial charge in [-0.3, -0.25) is 9.59 Å². The second-order valence-electron chi connectivity index (χ2n) is 4.44. The summed E-state index contributed by atoms with van der Waals surface area (Å²) in [5.41, 5.74) is 0.0119. The number of thioether (sulfide) groups is 1. The largest absolute Gasteiger partial charge is 0.301 e. The van der Waals surface area contributed by atoms with Crippen LogP contribution in [0.4, 0.5) is 8.78 Å². The number of hydrogen-bond acceptors (Lipinski definition) is 4. The Bertz CT molecular complexity index is 746. The highest BCUT2D eigenvalue weighted by Crippen LogP contribution is 2.23. The summed E-state index contributed by atoms with van der Waals surface area (Å²) in [7, 11) is 0. The normalized spacial score (nSPS) is 12.2. The molecule has 0 bridgehead atoms. The molecule has 1 N–H and O–H groups in total. The maximum Gasteiger partial charge on any atom is 0.251 e. The zero-order valence-electron chi connectivity index (χ0n) is 11.3. The molecule has 0 amide bonds. The molecule has 4 nitrogen and oxygen atoms in total. The number of H-pyrrole nitrogens is 1. The number of aromatic nitrogens is 2. The fourth-order valence-corrected chi connectivity index (χ4v) is 2.66. The Kier molecular flexibility index (Phi) is 4.52. The minimum Gasteiger partial charge on any atom is -0.301 e. The van der Waals surface area contributed by atoms with Crippen molar-refractivity contribution in [2.75, 3.05) is 0 Å². The lowest BCUT2D eigenvalue weighted by Gasteiger charge is -2.10. The molecule has 110 valence electrons. The van der Waals surface area contributed by atoms with Crippen molar-refractivity contribution in [2.45, 2.75) is 24.3 Å². The van der Waals surface area contributed by atoms with Gasteiger partial charge in [-0.2, -0.15) is 0 Å². The topological polar surface area (TPSA) is 62.8 Å². The van der Waals surface area contributed by atoms with E-state index in [0.717, 1.165) is 23.9 Å². The Morgan fingerprint density at radius 1 is 1.33 bits per heavy atom. The van der Waals surface area contributed by atoms with Crippen molar-refractivity contribution in [3.63, 3.8) is 0 Å². The van der Waals surface area contributed by atoms with E-state index in [1.807, 2.05) is 0 Å². The zero-order chi connectivity index (χ0) is 15.6. The fraction of sp³-hybridized carbons (Fsp3) is 0.214. The minimum atomic E-state index is -0.904. The molecule has 0 radical (unpaired) electrons. The molecule has 1 aromatic carbocycles. The van der Waals surface area contributed by atoms with Gasteiger partial charge in [0.05, 0.1) is 10.8 Å². The van der Waals surface area contributed by atoms with E-state index in [9.17, 15) is 18.4 Å². The number of benzene rings is 1. The van der Waals surface area contributed by atoms with Gasteiger partial charge in [0.2, 0.25) is 0 Å². The predicted octanol–water partition coefficient (Wildman–Crippen LogP) is 2.72. The number of Topliss-reactive ketones (excluding diaryl/α,β-unsaturated/α-hetero) is 1. The fourth-order valence-electron chi connectivity index (χ4n) is 1.74. The number of hydrogen-bond donors (Lipinski definition) is 1. The maximum absolute atomic E-state index is 13.6. The summed E-state index contributed by atoms with van der Waals surface area (Å²) in [5, 5.41) is -0.390. The van der Waals surface area contributed by atoms with E-state index in [-0.39, 0.29) is 16.3 Å². The minimum absolute atomic E-state index is 0.189. The van der Waals surface area contributed by atoms with Gasteiger partial charge >= 0.3 is 0 Å². The van der Waals surface area contributed by atoms with Gasteiger partial charge in [0, 0.05) is 17.8 Å². The average Bonchev–Trinajstić information content (AvgIpc) is 2.36. The predicted molar refractivity (Wildman–Crippen MR) is 75.6 cm³/mol. The number of rotatable bonds is 4. The lowest BCUT2D eigenvalue weighted by molar-refractivity contribution is 0.0990. The number of carbonyl (C=O) groups excluding carboxylic acids is 1. The highest BCUT2D eigenvalue weighted by Gasteiger charge is 2.21. The van der Waals surface area contributed by atoms with Crippen LogP contribution >= 0.6 is 11.8 Å². The standard InChI is InChI=1S/C14H12F2N2O2S/c1-7-5-12(19)18-14(17-7)21-8(2)13(20)10-4-3-9(15)6-11(10)16/h3-6,8H,1-2H3,(H,17,18,19). The molecule has 7 heteroatoms. The van der Waals surface area contributed by atoms with E-state index in [1.165, 1.54) is 6.07 Å². The number of ketones is 1. The SMILES string of the molecule is Cc1cc(=O)[nH]c(SC(C)C(=O)c2ccc(F)cc2F)n1. The number of nitrogens with one attached hydrogen (secondary N) is 1. The molecule has 2 aromatic rings. The third-order valence-electron chi connectivity index (χ3n) is 2.70. The summed E-state index contributed by atoms with van der Waals surface area (Å²) in [5.74, 6) is -2.14. The monoisotopic (exact) mass is 310 g/mol. The number of halogens is 2. The van der Waals surface area contributed by atoms with E-state index in [0.29, 0.717) is 11.8 Å². The third kappa shape index (κ3) is 3.75. The van der Waals surface area contributed by atoms with Crippen LogP contribution in [0.1, 0.15) is 23.0 Å². The average molecular weight is 310 g/mol. The Hall–Kier alpha value is -2.02. The summed E-state index contributed by atoms with van der Waals surface area (Å²) in [6.07, 6.45) is 0. The number of aryl methyl sites for hydroxylation is 1. The van der Waals surface area contributed by atoms with Crippen LogP contribution in [-0.4, -0.2) is 21.0 Å². The number of aromatic amines is 1. The van der Waals surface area contributed by atoms with E-state index >= 15 is 0 Å². The van der Waals surface area contributed by atoms with Crippen molar-refractivity contribution in [3.8, 4) is 0 Å². The van der Waals surface area contributed by atoms with Crippen LogP contribution in [0.2, 0.25) is 0 Å². The highest BCUT2D eigenvalue weighted by molar-refractivity contribution is 8.00. The van der Waals surface area contributed by atoms with Crippen LogP contribution in [0.15, 0.2) is 34.2 Å². The molecule has 1 atom stereocenters. The summed E-state index contributed by atoms with van der Waals surface area (Å²) in [6.45, 7) is 3.23. The molecule has 0 aliphatic heterocycles. The third-order valence-corrected chi connectivity index (χ3v) is 3.69. The smallest absolute Gasteiger partial charge is 0.251 e. The molecule has 0 aliphatic rings. The highest BCUT2D eigenvalue weighted by atomic mass is 32.2. The molecule has 0 spiro atoms. The molecule has 1 aromatic heterocycles. The lowest BCUT2D eigenvalue weighted by atomic mass is 10.1. The summed E-state index contributed by atoms with van der Waals surface area (Å²) in [6, 6.07) is 4.13. The van der Waals surface area contributed by atoms with Gasteiger partial charge in [0.1, 0.15) is 11.6 Å². The zero-order valence-corrected chi connectivity index (χ0v) is 12.1. The first-order valence-electron chi connectivity index (χ1n) is 6.10. The lowest BCUT2D eigenvalue weighted by Crippen LogP contribution is -2.17. The molecule has 0 aliphatic carbocycles. The second-order valence-corrected chi connectivity index (χ2v) is 5.77. The van der Waals surface area contributed by atoms with Gasteiger partial charge in [-0.25, -0.2) is 13.8 Å². The summed E-state index contributed by atoms with van der Waals surface area (Å²) < 4.78 is 26.4. The molecule has 1 heterocycles.